The molecule has 3 amide bonds. The van der Waals surface area contributed by atoms with Gasteiger partial charge in [-0.25, -0.2) is 13.2 Å². The van der Waals surface area contributed by atoms with Gasteiger partial charge >= 0.3 is 18.4 Å². The Labute approximate surface area is 233 Å². The van der Waals surface area contributed by atoms with Gasteiger partial charge in [0.25, 0.3) is 5.91 Å². The maximum atomic E-state index is 13.4. The molecule has 2 saturated heterocycles. The smallest absolute Gasteiger partial charge is 0.336 e. The number of alkyl halides is 6. The molecule has 8 nitrogen and oxygen atoms in total. The first-order valence-corrected chi connectivity index (χ1v) is 14.4. The molecule has 2 aromatic rings. The van der Waals surface area contributed by atoms with Gasteiger partial charge in [0.2, 0.25) is 10.0 Å². The van der Waals surface area contributed by atoms with Crippen LogP contribution in [0.1, 0.15) is 33.0 Å². The lowest BCUT2D eigenvalue weighted by Crippen LogP contribution is -2.53. The molecule has 2 aliphatic heterocycles. The average Bonchev–Trinajstić information content (AvgIpc) is 3.36. The summed E-state index contributed by atoms with van der Waals surface area (Å²) in [6, 6.07) is 8.35. The molecule has 2 fully saturated rings. The zero-order valence-electron chi connectivity index (χ0n) is 22.1. The predicted molar refractivity (Wildman–Crippen MR) is 136 cm³/mol. The van der Waals surface area contributed by atoms with Crippen LogP contribution in [0.5, 0.6) is 0 Å². The van der Waals surface area contributed by atoms with Crippen molar-refractivity contribution >= 4 is 22.0 Å². The lowest BCUT2D eigenvalue weighted by Gasteiger charge is -2.35. The first kappa shape index (κ1) is 30.6. The van der Waals surface area contributed by atoms with E-state index >= 15 is 0 Å². The van der Waals surface area contributed by atoms with Gasteiger partial charge in [0.15, 0.2) is 0 Å². The number of likely N-dealkylation sites (N-methyl/N-ethyl adjacent to an activating group) is 1. The van der Waals surface area contributed by atoms with Gasteiger partial charge in [-0.15, -0.1) is 0 Å². The number of likely N-dealkylation sites (tertiary alicyclic amines) is 1. The summed E-state index contributed by atoms with van der Waals surface area (Å²) in [6.07, 6.45) is -9.15. The van der Waals surface area contributed by atoms with Gasteiger partial charge in [-0.1, -0.05) is 30.3 Å². The SMILES string of the molecule is CN(C(=O)c1cc(C(F)(F)F)cc(C(F)(F)F)c1)[C@H]1CN(C(=O)N2CCN(S(C)(=O)=O)CC2)C[C@@H]1c1ccccc1. The third-order valence-electron chi connectivity index (χ3n) is 7.42. The summed E-state index contributed by atoms with van der Waals surface area (Å²) < 4.78 is 105. The second-order valence-electron chi connectivity index (χ2n) is 10.1. The quantitative estimate of drug-likeness (QED) is 0.494. The van der Waals surface area contributed by atoms with Crippen LogP contribution in [0.3, 0.4) is 0 Å². The summed E-state index contributed by atoms with van der Waals surface area (Å²) in [6.45, 7) is 0.606. The Balaban J connectivity index is 1.61. The number of sulfonamides is 1. The average molecular weight is 607 g/mol. The summed E-state index contributed by atoms with van der Waals surface area (Å²) in [7, 11) is -2.14. The van der Waals surface area contributed by atoms with Gasteiger partial charge in [0, 0.05) is 57.8 Å². The van der Waals surface area contributed by atoms with Crippen molar-refractivity contribution in [1.82, 2.24) is 19.0 Å². The number of carbonyl (C=O) groups is 2. The molecular formula is C26H28F6N4O4S. The minimum Gasteiger partial charge on any atom is -0.336 e. The number of hydrogen-bond acceptors (Lipinski definition) is 4. The Bertz CT molecular complexity index is 1360. The van der Waals surface area contributed by atoms with Gasteiger partial charge in [0.1, 0.15) is 0 Å². The molecule has 2 aliphatic rings. The number of amides is 3. The Kier molecular flexibility index (Phi) is 8.33. The van der Waals surface area contributed by atoms with Gasteiger partial charge in [-0.05, 0) is 23.8 Å². The first-order chi connectivity index (χ1) is 19.0. The third kappa shape index (κ3) is 6.77. The minimum atomic E-state index is -5.11. The second-order valence-corrected chi connectivity index (χ2v) is 12.1. The predicted octanol–water partition coefficient (Wildman–Crippen LogP) is 3.96. The van der Waals surface area contributed by atoms with Crippen molar-refractivity contribution in [2.45, 2.75) is 24.3 Å². The Morgan fingerprint density at radius 1 is 0.829 bits per heavy atom. The van der Waals surface area contributed by atoms with E-state index in [1.54, 1.807) is 30.3 Å². The summed E-state index contributed by atoms with van der Waals surface area (Å²) in [4.78, 5) is 30.8. The van der Waals surface area contributed by atoms with Crippen LogP contribution in [0, 0.1) is 0 Å². The van der Waals surface area contributed by atoms with Crippen LogP contribution in [-0.4, -0.2) is 98.0 Å². The second kappa shape index (κ2) is 11.2. The van der Waals surface area contributed by atoms with Crippen LogP contribution in [-0.2, 0) is 22.4 Å². The van der Waals surface area contributed by atoms with Crippen molar-refractivity contribution in [2.75, 3.05) is 52.6 Å². The van der Waals surface area contributed by atoms with E-state index in [2.05, 4.69) is 0 Å². The standard InChI is InChI=1S/C26H28F6N4O4S/c1-33(23(37)18-12-19(25(27,28)29)14-20(13-18)26(30,31)32)22-16-35(15-21(22)17-6-4-3-5-7-17)24(38)34-8-10-36(11-9-34)41(2,39)40/h3-7,12-14,21-22H,8-11,15-16H2,1-2H3/t21-,22+/m1/s1. The highest BCUT2D eigenvalue weighted by atomic mass is 32.2. The van der Waals surface area contributed by atoms with Gasteiger partial charge in [-0.3, -0.25) is 4.79 Å². The molecule has 0 saturated carbocycles. The van der Waals surface area contributed by atoms with Gasteiger partial charge in [-0.2, -0.15) is 30.6 Å². The number of hydrogen-bond donors (Lipinski definition) is 0. The summed E-state index contributed by atoms with van der Waals surface area (Å²) in [5.74, 6) is -1.54. The first-order valence-electron chi connectivity index (χ1n) is 12.6. The molecule has 2 aromatic carbocycles. The largest absolute Gasteiger partial charge is 0.416 e. The van der Waals surface area contributed by atoms with Crippen molar-refractivity contribution in [3.63, 3.8) is 0 Å². The molecule has 0 bridgehead atoms. The molecule has 0 aliphatic carbocycles. The maximum Gasteiger partial charge on any atom is 0.416 e. The van der Waals surface area contributed by atoms with E-state index in [0.29, 0.717) is 12.1 Å². The fourth-order valence-corrected chi connectivity index (χ4v) is 6.03. The highest BCUT2D eigenvalue weighted by Crippen LogP contribution is 2.37. The number of nitrogens with zero attached hydrogens (tertiary/aromatic N) is 4. The minimum absolute atomic E-state index is 0.0297. The number of benzene rings is 2. The molecule has 0 aromatic heterocycles. The van der Waals surface area contributed by atoms with Gasteiger partial charge in [0.05, 0.1) is 23.4 Å². The van der Waals surface area contributed by atoms with Crippen LogP contribution >= 0.6 is 0 Å². The molecule has 0 unspecified atom stereocenters. The van der Waals surface area contributed by atoms with Crippen LogP contribution < -0.4 is 0 Å². The molecule has 2 heterocycles. The molecule has 4 rings (SSSR count). The van der Waals surface area contributed by atoms with Crippen molar-refractivity contribution in [1.29, 1.82) is 0 Å². The van der Waals surface area contributed by atoms with Crippen LogP contribution in [0.15, 0.2) is 48.5 Å². The number of carbonyl (C=O) groups excluding carboxylic acids is 2. The number of piperazine rings is 1. The highest BCUT2D eigenvalue weighted by Gasteiger charge is 2.43. The Morgan fingerprint density at radius 3 is 1.85 bits per heavy atom. The van der Waals surface area contributed by atoms with E-state index < -0.39 is 63.0 Å². The van der Waals surface area contributed by atoms with Gasteiger partial charge < -0.3 is 14.7 Å². The van der Waals surface area contributed by atoms with E-state index in [0.717, 1.165) is 16.7 Å². The lowest BCUT2D eigenvalue weighted by atomic mass is 9.93. The van der Waals surface area contributed by atoms with Crippen LogP contribution in [0.4, 0.5) is 31.1 Å². The summed E-state index contributed by atoms with van der Waals surface area (Å²) in [5.41, 5.74) is -3.24. The van der Waals surface area contributed by atoms with Crippen molar-refractivity contribution in [3.05, 3.63) is 70.8 Å². The number of urea groups is 1. The van der Waals surface area contributed by atoms with E-state index in [-0.39, 0.29) is 45.3 Å². The zero-order valence-corrected chi connectivity index (χ0v) is 22.9. The molecule has 0 spiro atoms. The Hall–Kier alpha value is -3.33. The molecule has 224 valence electrons. The summed E-state index contributed by atoms with van der Waals surface area (Å²) >= 11 is 0. The lowest BCUT2D eigenvalue weighted by molar-refractivity contribution is -0.143. The fraction of sp³-hybridized carbons (Fsp3) is 0.462. The fourth-order valence-electron chi connectivity index (χ4n) is 5.21. The van der Waals surface area contributed by atoms with E-state index in [9.17, 15) is 44.3 Å². The Morgan fingerprint density at radius 2 is 1.37 bits per heavy atom. The zero-order chi connectivity index (χ0) is 30.3. The van der Waals surface area contributed by atoms with E-state index in [1.807, 2.05) is 0 Å². The van der Waals surface area contributed by atoms with Crippen molar-refractivity contribution < 1.29 is 44.3 Å². The summed E-state index contributed by atoms with van der Waals surface area (Å²) in [5, 5.41) is 0. The van der Waals surface area contributed by atoms with Crippen LogP contribution in [0.2, 0.25) is 0 Å². The van der Waals surface area contributed by atoms with E-state index in [4.69, 9.17) is 0 Å². The molecular weight excluding hydrogens is 578 g/mol. The molecule has 15 heteroatoms. The molecule has 2 atom stereocenters. The highest BCUT2D eigenvalue weighted by molar-refractivity contribution is 7.88. The van der Waals surface area contributed by atoms with Crippen LogP contribution in [0.25, 0.3) is 0 Å². The van der Waals surface area contributed by atoms with Crippen molar-refractivity contribution in [3.8, 4) is 0 Å². The monoisotopic (exact) mass is 606 g/mol. The normalized spacial score (nSPS) is 20.8. The molecule has 0 N–H and O–H groups in total. The van der Waals surface area contributed by atoms with Crippen molar-refractivity contribution in [2.24, 2.45) is 0 Å². The maximum absolute atomic E-state index is 13.4. The molecule has 0 radical (unpaired) electrons. The third-order valence-corrected chi connectivity index (χ3v) is 8.72. The molecule has 41 heavy (non-hydrogen) atoms. The van der Waals surface area contributed by atoms with E-state index in [1.165, 1.54) is 21.2 Å². The number of halogens is 6. The topological polar surface area (TPSA) is 81.2 Å². The number of rotatable bonds is 4.